The molecule has 8 heteroatoms. The Bertz CT molecular complexity index is 696. The number of nitrogens with one attached hydrogen (secondary N) is 1. The average Bonchev–Trinajstić information content (AvgIpc) is 2.84. The van der Waals surface area contributed by atoms with Gasteiger partial charge in [0.2, 0.25) is 5.91 Å². The number of carbonyl (C=O) groups is 3. The lowest BCUT2D eigenvalue weighted by Crippen LogP contribution is -2.56. The molecule has 1 atom stereocenters. The third-order valence-electron chi connectivity index (χ3n) is 4.86. The van der Waals surface area contributed by atoms with E-state index in [2.05, 4.69) is 5.32 Å². The number of rotatable bonds is 2. The normalized spacial score (nSPS) is 22.5. The van der Waals surface area contributed by atoms with Crippen molar-refractivity contribution in [1.29, 1.82) is 0 Å². The van der Waals surface area contributed by atoms with E-state index in [1.54, 1.807) is 0 Å². The number of halogens is 2. The highest BCUT2D eigenvalue weighted by atomic mass is 35.5. The second kappa shape index (κ2) is 6.05. The summed E-state index contributed by atoms with van der Waals surface area (Å²) in [5.74, 6) is -3.33. The highest BCUT2D eigenvalue weighted by Crippen LogP contribution is 2.37. The number of hydrogen-bond acceptors (Lipinski definition) is 3. The third-order valence-corrected chi connectivity index (χ3v) is 5.18. The summed E-state index contributed by atoms with van der Waals surface area (Å²) in [6.45, 7) is 0.459. The summed E-state index contributed by atoms with van der Waals surface area (Å²) in [5.41, 5.74) is -1.01. The second-order valence-electron chi connectivity index (χ2n) is 6.19. The van der Waals surface area contributed by atoms with E-state index in [1.165, 1.54) is 23.1 Å². The molecule has 6 nitrogen and oxygen atoms in total. The van der Waals surface area contributed by atoms with E-state index in [0.29, 0.717) is 12.8 Å². The fourth-order valence-corrected chi connectivity index (χ4v) is 3.81. The molecule has 3 rings (SSSR count). The Morgan fingerprint density at radius 1 is 1.33 bits per heavy atom. The number of benzene rings is 1. The minimum atomic E-state index is -1.02. The van der Waals surface area contributed by atoms with Crippen molar-refractivity contribution in [2.45, 2.75) is 24.8 Å². The molecule has 1 spiro atoms. The molecular weight excluding hydrogens is 339 g/mol. The van der Waals surface area contributed by atoms with Gasteiger partial charge in [-0.15, -0.1) is 0 Å². The summed E-state index contributed by atoms with van der Waals surface area (Å²) in [4.78, 5) is 37.0. The summed E-state index contributed by atoms with van der Waals surface area (Å²) < 4.78 is 13.9. The minimum absolute atomic E-state index is 0.0397. The number of aliphatic carboxylic acids is 1. The van der Waals surface area contributed by atoms with Crippen molar-refractivity contribution in [3.63, 3.8) is 0 Å². The van der Waals surface area contributed by atoms with Gasteiger partial charge in [-0.1, -0.05) is 17.7 Å². The lowest BCUT2D eigenvalue weighted by atomic mass is 9.77. The molecule has 0 unspecified atom stereocenters. The number of carboxylic acids is 1. The largest absolute Gasteiger partial charge is 0.481 e. The van der Waals surface area contributed by atoms with Gasteiger partial charge in [0.1, 0.15) is 5.82 Å². The number of carboxylic acid groups (broad SMARTS) is 1. The highest BCUT2D eigenvalue weighted by molar-refractivity contribution is 6.33. The summed E-state index contributed by atoms with van der Waals surface area (Å²) in [6.07, 6.45) is 0.573. The lowest BCUT2D eigenvalue weighted by Gasteiger charge is -2.41. The van der Waals surface area contributed by atoms with Crippen molar-refractivity contribution in [2.75, 3.05) is 13.1 Å². The monoisotopic (exact) mass is 354 g/mol. The van der Waals surface area contributed by atoms with Crippen LogP contribution in [-0.2, 0) is 9.59 Å². The number of hydrogen-bond donors (Lipinski definition) is 2. The molecular formula is C16H16ClFN2O4. The molecule has 0 radical (unpaired) electrons. The fourth-order valence-electron chi connectivity index (χ4n) is 3.56. The van der Waals surface area contributed by atoms with E-state index in [-0.39, 0.29) is 36.0 Å². The van der Waals surface area contributed by atoms with E-state index in [9.17, 15) is 23.9 Å². The Hall–Kier alpha value is -2.15. The van der Waals surface area contributed by atoms with Gasteiger partial charge in [0.15, 0.2) is 0 Å². The topological polar surface area (TPSA) is 86.7 Å². The molecule has 128 valence electrons. The zero-order chi connectivity index (χ0) is 17.5. The van der Waals surface area contributed by atoms with Gasteiger partial charge in [0, 0.05) is 19.5 Å². The number of likely N-dealkylation sites (tertiary alicyclic amines) is 1. The Morgan fingerprint density at radius 3 is 2.58 bits per heavy atom. The first-order valence-corrected chi connectivity index (χ1v) is 7.99. The molecule has 0 bridgehead atoms. The summed E-state index contributed by atoms with van der Waals surface area (Å²) in [5, 5.41) is 12.1. The zero-order valence-corrected chi connectivity index (χ0v) is 13.5. The van der Waals surface area contributed by atoms with Crippen molar-refractivity contribution in [3.05, 3.63) is 34.6 Å². The van der Waals surface area contributed by atoms with Crippen LogP contribution < -0.4 is 5.32 Å². The van der Waals surface area contributed by atoms with Crippen LogP contribution in [0.15, 0.2) is 18.2 Å². The lowest BCUT2D eigenvalue weighted by molar-refractivity contribution is -0.144. The molecule has 0 aromatic heterocycles. The van der Waals surface area contributed by atoms with Crippen LogP contribution in [0.5, 0.6) is 0 Å². The van der Waals surface area contributed by atoms with E-state index in [1.807, 2.05) is 0 Å². The average molecular weight is 355 g/mol. The number of amides is 2. The molecule has 2 aliphatic rings. The number of carbonyl (C=O) groups excluding carboxylic acids is 2. The Kier molecular flexibility index (Phi) is 4.21. The van der Waals surface area contributed by atoms with Crippen LogP contribution in [0, 0.1) is 11.7 Å². The predicted molar refractivity (Wildman–Crippen MR) is 83.2 cm³/mol. The van der Waals surface area contributed by atoms with Gasteiger partial charge < -0.3 is 15.3 Å². The van der Waals surface area contributed by atoms with Gasteiger partial charge >= 0.3 is 5.97 Å². The van der Waals surface area contributed by atoms with Crippen molar-refractivity contribution in [2.24, 2.45) is 5.92 Å². The maximum absolute atomic E-state index is 13.9. The maximum atomic E-state index is 13.9. The molecule has 2 aliphatic heterocycles. The van der Waals surface area contributed by atoms with Gasteiger partial charge in [0.25, 0.3) is 5.91 Å². The Labute approximate surface area is 142 Å². The standard InChI is InChI=1S/C16H16ClFN2O4/c17-10-2-1-3-11(18)13(10)14(22)20-6-4-16(5-7-20)9(15(23)24)8-12(21)19-16/h1-3,9H,4-8H2,(H,19,21)(H,23,24)/t9-/m1/s1. The predicted octanol–water partition coefficient (Wildman–Crippen LogP) is 1.67. The smallest absolute Gasteiger partial charge is 0.309 e. The quantitative estimate of drug-likeness (QED) is 0.846. The molecule has 2 heterocycles. The first-order valence-electron chi connectivity index (χ1n) is 7.61. The fraction of sp³-hybridized carbons (Fsp3) is 0.438. The van der Waals surface area contributed by atoms with E-state index >= 15 is 0 Å². The summed E-state index contributed by atoms with van der Waals surface area (Å²) in [7, 11) is 0. The van der Waals surface area contributed by atoms with E-state index in [0.717, 1.165) is 0 Å². The Balaban J connectivity index is 1.77. The van der Waals surface area contributed by atoms with Gasteiger partial charge in [0.05, 0.1) is 22.0 Å². The molecule has 1 aromatic rings. The molecule has 2 fully saturated rings. The number of nitrogens with zero attached hydrogens (tertiary/aromatic N) is 1. The van der Waals surface area contributed by atoms with Crippen molar-refractivity contribution in [1.82, 2.24) is 10.2 Å². The van der Waals surface area contributed by atoms with Crippen molar-refractivity contribution < 1.29 is 23.9 Å². The molecule has 2 saturated heterocycles. The van der Waals surface area contributed by atoms with Crippen LogP contribution in [0.3, 0.4) is 0 Å². The van der Waals surface area contributed by atoms with Crippen LogP contribution in [0.1, 0.15) is 29.6 Å². The van der Waals surface area contributed by atoms with Crippen LogP contribution in [0.25, 0.3) is 0 Å². The van der Waals surface area contributed by atoms with E-state index in [4.69, 9.17) is 11.6 Å². The number of piperidine rings is 1. The van der Waals surface area contributed by atoms with Gasteiger partial charge in [-0.3, -0.25) is 14.4 Å². The summed E-state index contributed by atoms with van der Waals surface area (Å²) >= 11 is 5.93. The third kappa shape index (κ3) is 2.73. The van der Waals surface area contributed by atoms with Gasteiger partial charge in [-0.25, -0.2) is 4.39 Å². The van der Waals surface area contributed by atoms with Crippen LogP contribution in [0.4, 0.5) is 4.39 Å². The molecule has 2 amide bonds. The SMILES string of the molecule is O=C1C[C@H](C(=O)O)C2(CCN(C(=O)c3c(F)cccc3Cl)CC2)N1. The van der Waals surface area contributed by atoms with Gasteiger partial charge in [-0.2, -0.15) is 0 Å². The van der Waals surface area contributed by atoms with Crippen LogP contribution in [0.2, 0.25) is 5.02 Å². The minimum Gasteiger partial charge on any atom is -0.481 e. The summed E-state index contributed by atoms with van der Waals surface area (Å²) in [6, 6.07) is 4.04. The van der Waals surface area contributed by atoms with Crippen LogP contribution >= 0.6 is 11.6 Å². The maximum Gasteiger partial charge on any atom is 0.309 e. The molecule has 0 saturated carbocycles. The first-order chi connectivity index (χ1) is 11.3. The van der Waals surface area contributed by atoms with Crippen molar-refractivity contribution in [3.8, 4) is 0 Å². The molecule has 1 aromatic carbocycles. The molecule has 24 heavy (non-hydrogen) atoms. The second-order valence-corrected chi connectivity index (χ2v) is 6.60. The van der Waals surface area contributed by atoms with Gasteiger partial charge in [-0.05, 0) is 25.0 Å². The Morgan fingerprint density at radius 2 is 2.00 bits per heavy atom. The van der Waals surface area contributed by atoms with Crippen LogP contribution in [-0.4, -0.2) is 46.4 Å². The first kappa shape index (κ1) is 16.7. The molecule has 0 aliphatic carbocycles. The zero-order valence-electron chi connectivity index (χ0n) is 12.7. The van der Waals surface area contributed by atoms with Crippen molar-refractivity contribution >= 4 is 29.4 Å². The highest BCUT2D eigenvalue weighted by Gasteiger charge is 2.52. The van der Waals surface area contributed by atoms with E-state index < -0.39 is 29.2 Å². The molecule has 2 N–H and O–H groups in total.